The molecule has 19 heavy (non-hydrogen) atoms. The van der Waals surface area contributed by atoms with Crippen LogP contribution in [0.3, 0.4) is 0 Å². The lowest BCUT2D eigenvalue weighted by molar-refractivity contribution is 0.102. The highest BCUT2D eigenvalue weighted by Gasteiger charge is 2.15. The monoisotopic (exact) mass is 302 g/mol. The molecule has 0 aliphatic carbocycles. The van der Waals surface area contributed by atoms with Gasteiger partial charge in [-0.25, -0.2) is 5.10 Å². The first kappa shape index (κ1) is 13.5. The molecule has 0 spiro atoms. The van der Waals surface area contributed by atoms with Crippen molar-refractivity contribution in [2.24, 2.45) is 0 Å². The van der Waals surface area contributed by atoms with Gasteiger partial charge >= 0.3 is 6.01 Å². The van der Waals surface area contributed by atoms with Gasteiger partial charge < -0.3 is 4.74 Å². The van der Waals surface area contributed by atoms with Gasteiger partial charge in [0.25, 0.3) is 5.91 Å². The Bertz CT molecular complexity index is 602. The lowest BCUT2D eigenvalue weighted by Crippen LogP contribution is -2.14. The highest BCUT2D eigenvalue weighted by Crippen LogP contribution is 2.16. The average Bonchev–Trinajstić information content (AvgIpc) is 2.80. The fourth-order valence-electron chi connectivity index (χ4n) is 1.18. The van der Waals surface area contributed by atoms with E-state index in [-0.39, 0.29) is 27.8 Å². The minimum Gasteiger partial charge on any atom is -0.463 e. The molecule has 0 bridgehead atoms. The van der Waals surface area contributed by atoms with Crippen molar-refractivity contribution in [1.29, 1.82) is 0 Å². The molecular weight excluding hydrogens is 295 g/mol. The van der Waals surface area contributed by atoms with Crippen LogP contribution in [-0.4, -0.2) is 37.9 Å². The Morgan fingerprint density at radius 3 is 3.00 bits per heavy atom. The molecule has 2 rings (SSSR count). The number of ether oxygens (including phenoxy) is 1. The number of aromatic nitrogens is 5. The number of nitrogens with zero attached hydrogens (tertiary/aromatic N) is 4. The standard InChI is InChI=1S/C9H8Cl2N6O2/c1-2-19-9-13-8(16-17-9)12-7(18)4-3-5(10)14-15-6(4)11/h3H,2H2,1H3,(H2,12,13,16,17,18). The molecule has 0 atom stereocenters. The molecular formula is C9H8Cl2N6O2. The van der Waals surface area contributed by atoms with Gasteiger partial charge in [0.15, 0.2) is 10.3 Å². The number of amides is 1. The number of anilines is 1. The molecule has 0 aliphatic heterocycles. The maximum absolute atomic E-state index is 11.9. The summed E-state index contributed by atoms with van der Waals surface area (Å²) in [5.74, 6) is -0.418. The van der Waals surface area contributed by atoms with E-state index < -0.39 is 5.91 Å². The van der Waals surface area contributed by atoms with Gasteiger partial charge in [-0.3, -0.25) is 10.1 Å². The second-order valence-corrected chi connectivity index (χ2v) is 3.97. The number of carbonyl (C=O) groups is 1. The fraction of sp³-hybridized carbons (Fsp3) is 0.222. The van der Waals surface area contributed by atoms with Crippen LogP contribution in [0.5, 0.6) is 6.01 Å². The van der Waals surface area contributed by atoms with E-state index in [1.807, 2.05) is 0 Å². The second-order valence-electron chi connectivity index (χ2n) is 3.23. The summed E-state index contributed by atoms with van der Waals surface area (Å²) in [5, 5.41) is 15.7. The Balaban J connectivity index is 2.13. The molecule has 10 heteroatoms. The molecule has 0 fully saturated rings. The molecule has 0 saturated heterocycles. The van der Waals surface area contributed by atoms with Crippen LogP contribution in [0.4, 0.5) is 5.95 Å². The number of halogens is 2. The maximum Gasteiger partial charge on any atom is 0.337 e. The highest BCUT2D eigenvalue weighted by atomic mass is 35.5. The number of aromatic amines is 1. The Morgan fingerprint density at radius 1 is 1.47 bits per heavy atom. The zero-order valence-electron chi connectivity index (χ0n) is 9.65. The quantitative estimate of drug-likeness (QED) is 0.887. The molecule has 2 aromatic rings. The van der Waals surface area contributed by atoms with E-state index in [4.69, 9.17) is 27.9 Å². The van der Waals surface area contributed by atoms with Crippen molar-refractivity contribution in [3.63, 3.8) is 0 Å². The number of hydrogen-bond donors (Lipinski definition) is 2. The zero-order valence-corrected chi connectivity index (χ0v) is 11.2. The van der Waals surface area contributed by atoms with Crippen LogP contribution in [0, 0.1) is 0 Å². The molecule has 0 aromatic carbocycles. The molecule has 100 valence electrons. The first-order valence-corrected chi connectivity index (χ1v) is 5.91. The van der Waals surface area contributed by atoms with Gasteiger partial charge in [-0.05, 0) is 13.0 Å². The van der Waals surface area contributed by atoms with Crippen LogP contribution < -0.4 is 10.1 Å². The van der Waals surface area contributed by atoms with E-state index in [1.54, 1.807) is 6.92 Å². The van der Waals surface area contributed by atoms with Crippen LogP contribution >= 0.6 is 23.2 Å². The third kappa shape index (κ3) is 3.30. The Morgan fingerprint density at radius 2 is 2.26 bits per heavy atom. The molecule has 0 radical (unpaired) electrons. The average molecular weight is 303 g/mol. The molecule has 0 aliphatic rings. The van der Waals surface area contributed by atoms with Crippen molar-refractivity contribution in [2.45, 2.75) is 6.92 Å². The first-order chi connectivity index (χ1) is 9.10. The molecule has 1 amide bonds. The number of H-pyrrole nitrogens is 1. The summed E-state index contributed by atoms with van der Waals surface area (Å²) in [6, 6.07) is 1.43. The van der Waals surface area contributed by atoms with Crippen LogP contribution in [0.15, 0.2) is 6.07 Å². The smallest absolute Gasteiger partial charge is 0.337 e. The van der Waals surface area contributed by atoms with E-state index in [9.17, 15) is 4.79 Å². The third-order valence-electron chi connectivity index (χ3n) is 1.93. The number of hydrogen-bond acceptors (Lipinski definition) is 6. The molecule has 2 aromatic heterocycles. The van der Waals surface area contributed by atoms with Gasteiger partial charge in [0.2, 0.25) is 5.95 Å². The van der Waals surface area contributed by atoms with E-state index in [0.717, 1.165) is 0 Å². The molecule has 0 unspecified atom stereocenters. The predicted molar refractivity (Wildman–Crippen MR) is 67.6 cm³/mol. The van der Waals surface area contributed by atoms with E-state index >= 15 is 0 Å². The fourth-order valence-corrected chi connectivity index (χ4v) is 1.51. The number of rotatable bonds is 4. The van der Waals surface area contributed by atoms with Gasteiger partial charge in [0, 0.05) is 0 Å². The van der Waals surface area contributed by atoms with Gasteiger partial charge in [-0.15, -0.1) is 15.3 Å². The summed E-state index contributed by atoms with van der Waals surface area (Å²) < 4.78 is 5.04. The first-order valence-electron chi connectivity index (χ1n) is 5.15. The van der Waals surface area contributed by atoms with Gasteiger partial charge in [-0.1, -0.05) is 23.2 Å². The third-order valence-corrected chi connectivity index (χ3v) is 2.40. The van der Waals surface area contributed by atoms with Crippen molar-refractivity contribution in [3.05, 3.63) is 21.9 Å². The van der Waals surface area contributed by atoms with E-state index in [0.29, 0.717) is 6.61 Å². The van der Waals surface area contributed by atoms with Crippen LogP contribution in [0.1, 0.15) is 17.3 Å². The van der Waals surface area contributed by atoms with E-state index in [2.05, 4.69) is 30.7 Å². The van der Waals surface area contributed by atoms with Crippen molar-refractivity contribution in [3.8, 4) is 6.01 Å². The Hall–Kier alpha value is -1.93. The number of nitrogens with one attached hydrogen (secondary N) is 2. The van der Waals surface area contributed by atoms with Crippen molar-refractivity contribution < 1.29 is 9.53 Å². The summed E-state index contributed by atoms with van der Waals surface area (Å²) in [6.07, 6.45) is 0. The lowest BCUT2D eigenvalue weighted by Gasteiger charge is -2.02. The summed E-state index contributed by atoms with van der Waals surface area (Å²) in [7, 11) is 0. The molecule has 8 nitrogen and oxygen atoms in total. The van der Waals surface area contributed by atoms with Crippen molar-refractivity contribution in [2.75, 3.05) is 11.9 Å². The summed E-state index contributed by atoms with van der Waals surface area (Å²) in [4.78, 5) is 15.8. The van der Waals surface area contributed by atoms with Crippen LogP contribution in [0.25, 0.3) is 0 Å². The highest BCUT2D eigenvalue weighted by molar-refractivity contribution is 6.34. The Kier molecular flexibility index (Phi) is 4.13. The summed E-state index contributed by atoms with van der Waals surface area (Å²) in [6.45, 7) is 2.21. The summed E-state index contributed by atoms with van der Waals surface area (Å²) in [5.41, 5.74) is 0.0797. The number of carbonyl (C=O) groups excluding carboxylic acids is 1. The van der Waals surface area contributed by atoms with Crippen LogP contribution in [0.2, 0.25) is 10.3 Å². The predicted octanol–water partition coefficient (Wildman–Crippen LogP) is 1.55. The second kappa shape index (κ2) is 5.81. The van der Waals surface area contributed by atoms with E-state index in [1.165, 1.54) is 6.07 Å². The molecule has 2 heterocycles. The van der Waals surface area contributed by atoms with Crippen molar-refractivity contribution >= 4 is 35.1 Å². The normalized spacial score (nSPS) is 10.3. The Labute approximate surface area is 117 Å². The molecule has 2 N–H and O–H groups in total. The zero-order chi connectivity index (χ0) is 13.8. The van der Waals surface area contributed by atoms with Crippen LogP contribution in [-0.2, 0) is 0 Å². The van der Waals surface area contributed by atoms with Gasteiger partial charge in [0.1, 0.15) is 0 Å². The summed E-state index contributed by atoms with van der Waals surface area (Å²) >= 11 is 11.4. The topological polar surface area (TPSA) is 106 Å². The van der Waals surface area contributed by atoms with Gasteiger partial charge in [-0.2, -0.15) is 4.98 Å². The largest absolute Gasteiger partial charge is 0.463 e. The van der Waals surface area contributed by atoms with Crippen molar-refractivity contribution in [1.82, 2.24) is 25.4 Å². The SMILES string of the molecule is CCOc1n[nH]c(NC(=O)c2cc(Cl)nnc2Cl)n1. The van der Waals surface area contributed by atoms with Gasteiger partial charge in [0.05, 0.1) is 12.2 Å². The minimum atomic E-state index is -0.541. The lowest BCUT2D eigenvalue weighted by atomic mass is 10.3. The minimum absolute atomic E-state index is 0.0575. The maximum atomic E-state index is 11.9. The molecule has 0 saturated carbocycles.